The number of hydrogen-bond donors (Lipinski definition) is 3. The highest BCUT2D eigenvalue weighted by Gasteiger charge is 2.17. The summed E-state index contributed by atoms with van der Waals surface area (Å²) >= 11 is 0. The van der Waals surface area contributed by atoms with Gasteiger partial charge < -0.3 is 16.0 Å². The smallest absolute Gasteiger partial charge is 0.220 e. The summed E-state index contributed by atoms with van der Waals surface area (Å²) in [5.41, 5.74) is 0. The number of carbonyl (C=O) groups is 1. The van der Waals surface area contributed by atoms with Crippen LogP contribution in [0.25, 0.3) is 0 Å². The summed E-state index contributed by atoms with van der Waals surface area (Å²) in [5.74, 6) is 0.977. The lowest BCUT2D eigenvalue weighted by molar-refractivity contribution is -0.123. The quantitative estimate of drug-likeness (QED) is 0.475. The fourth-order valence-corrected chi connectivity index (χ4v) is 1.73. The first-order chi connectivity index (χ1) is 7.76. The van der Waals surface area contributed by atoms with Crippen molar-refractivity contribution in [1.82, 2.24) is 16.0 Å². The molecule has 1 heterocycles. The fourth-order valence-electron chi connectivity index (χ4n) is 1.73. The average molecular weight is 226 g/mol. The van der Waals surface area contributed by atoms with Gasteiger partial charge in [-0.1, -0.05) is 0 Å². The number of nitrogens with one attached hydrogen (secondary N) is 3. The number of amides is 1. The zero-order valence-electron chi connectivity index (χ0n) is 10.2. The van der Waals surface area contributed by atoms with Crippen molar-refractivity contribution in [2.24, 2.45) is 4.99 Å². The maximum absolute atomic E-state index is 11.2. The van der Waals surface area contributed by atoms with Crippen molar-refractivity contribution in [1.29, 1.82) is 0 Å². The number of hydrogen-bond acceptors (Lipinski definition) is 2. The van der Waals surface area contributed by atoms with Gasteiger partial charge in [-0.15, -0.1) is 0 Å². The van der Waals surface area contributed by atoms with Crippen molar-refractivity contribution in [3.63, 3.8) is 0 Å². The third-order valence-electron chi connectivity index (χ3n) is 2.48. The highest BCUT2D eigenvalue weighted by atomic mass is 16.1. The molecular formula is C11H22N4O. The first-order valence-corrected chi connectivity index (χ1v) is 6.07. The maximum Gasteiger partial charge on any atom is 0.220 e. The third-order valence-corrected chi connectivity index (χ3v) is 2.48. The van der Waals surface area contributed by atoms with E-state index >= 15 is 0 Å². The molecule has 1 saturated heterocycles. The van der Waals surface area contributed by atoms with Crippen molar-refractivity contribution in [2.45, 2.75) is 39.2 Å². The predicted octanol–water partition coefficient (Wildman–Crippen LogP) is 0.230. The zero-order chi connectivity index (χ0) is 11.8. The molecule has 1 atom stereocenters. The van der Waals surface area contributed by atoms with E-state index in [1.54, 1.807) is 0 Å². The van der Waals surface area contributed by atoms with Gasteiger partial charge in [0, 0.05) is 25.6 Å². The molecule has 0 saturated carbocycles. The van der Waals surface area contributed by atoms with Gasteiger partial charge in [-0.25, -0.2) is 0 Å². The van der Waals surface area contributed by atoms with Gasteiger partial charge in [-0.2, -0.15) is 0 Å². The van der Waals surface area contributed by atoms with Gasteiger partial charge >= 0.3 is 0 Å². The molecule has 0 aromatic rings. The molecule has 0 bridgehead atoms. The molecule has 1 rings (SSSR count). The van der Waals surface area contributed by atoms with Gasteiger partial charge in [0.05, 0.1) is 6.54 Å². The Bertz CT molecular complexity index is 244. The van der Waals surface area contributed by atoms with E-state index in [9.17, 15) is 4.79 Å². The lowest BCUT2D eigenvalue weighted by atomic mass is 10.0. The lowest BCUT2D eigenvalue weighted by Crippen LogP contribution is -2.42. The second-order valence-electron chi connectivity index (χ2n) is 3.91. The van der Waals surface area contributed by atoms with Crippen LogP contribution in [0, 0.1) is 0 Å². The number of aliphatic imine (C=N–C) groups is 1. The summed E-state index contributed by atoms with van der Waals surface area (Å²) in [6.45, 7) is 6.43. The van der Waals surface area contributed by atoms with Crippen LogP contribution in [0.5, 0.6) is 0 Å². The third kappa shape index (κ3) is 4.51. The van der Waals surface area contributed by atoms with Crippen LogP contribution in [0.2, 0.25) is 0 Å². The van der Waals surface area contributed by atoms with Crippen molar-refractivity contribution >= 4 is 11.9 Å². The van der Waals surface area contributed by atoms with Gasteiger partial charge in [0.25, 0.3) is 0 Å². The number of piperidine rings is 1. The van der Waals surface area contributed by atoms with Crippen LogP contribution >= 0.6 is 0 Å². The molecule has 5 nitrogen and oxygen atoms in total. The molecule has 1 unspecified atom stereocenters. The Morgan fingerprint density at radius 1 is 1.44 bits per heavy atom. The SMILES string of the molecule is CCNC(=NCC1CCCC(=O)N1)NCC. The summed E-state index contributed by atoms with van der Waals surface area (Å²) in [4.78, 5) is 15.6. The molecular weight excluding hydrogens is 204 g/mol. The molecule has 5 heteroatoms. The normalized spacial score (nSPS) is 19.9. The molecule has 3 N–H and O–H groups in total. The van der Waals surface area contributed by atoms with Gasteiger partial charge in [0.2, 0.25) is 5.91 Å². The van der Waals surface area contributed by atoms with Crippen molar-refractivity contribution in [2.75, 3.05) is 19.6 Å². The first-order valence-electron chi connectivity index (χ1n) is 6.07. The second-order valence-corrected chi connectivity index (χ2v) is 3.91. The van der Waals surface area contributed by atoms with E-state index in [4.69, 9.17) is 0 Å². The minimum atomic E-state index is 0.153. The summed E-state index contributed by atoms with van der Waals surface area (Å²) in [5, 5.41) is 9.28. The predicted molar refractivity (Wildman–Crippen MR) is 65.4 cm³/mol. The molecule has 0 aliphatic carbocycles. The Balaban J connectivity index is 2.38. The van der Waals surface area contributed by atoms with Gasteiger partial charge in [-0.05, 0) is 26.7 Å². The molecule has 0 radical (unpaired) electrons. The summed E-state index contributed by atoms with van der Waals surface area (Å²) in [6, 6.07) is 0.202. The first kappa shape index (κ1) is 12.8. The molecule has 1 amide bonds. The Morgan fingerprint density at radius 3 is 2.69 bits per heavy atom. The molecule has 1 fully saturated rings. The standard InChI is InChI=1S/C11H22N4O/c1-3-12-11(13-4-2)14-8-9-6-5-7-10(16)15-9/h9H,3-8H2,1-2H3,(H,15,16)(H2,12,13,14). The monoisotopic (exact) mass is 226 g/mol. The second kappa shape index (κ2) is 7.09. The van der Waals surface area contributed by atoms with E-state index < -0.39 is 0 Å². The Labute approximate surface area is 97.1 Å². The number of nitrogens with zero attached hydrogens (tertiary/aromatic N) is 1. The molecule has 1 aliphatic heterocycles. The van der Waals surface area contributed by atoms with Crippen LogP contribution in [0.3, 0.4) is 0 Å². The Hall–Kier alpha value is -1.26. The maximum atomic E-state index is 11.2. The topological polar surface area (TPSA) is 65.5 Å². The van der Waals surface area contributed by atoms with Crippen molar-refractivity contribution in [3.8, 4) is 0 Å². The highest BCUT2D eigenvalue weighted by Crippen LogP contribution is 2.07. The molecule has 1 aliphatic rings. The summed E-state index contributed by atoms with van der Waals surface area (Å²) < 4.78 is 0. The number of guanidine groups is 1. The molecule has 0 spiro atoms. The molecule has 0 aromatic carbocycles. The van der Waals surface area contributed by atoms with Crippen molar-refractivity contribution < 1.29 is 4.79 Å². The van der Waals surface area contributed by atoms with E-state index in [1.165, 1.54) is 0 Å². The van der Waals surface area contributed by atoms with Crippen LogP contribution in [-0.4, -0.2) is 37.5 Å². The molecule has 0 aromatic heterocycles. The minimum absolute atomic E-state index is 0.153. The van der Waals surface area contributed by atoms with Crippen LogP contribution in [0.4, 0.5) is 0 Å². The zero-order valence-corrected chi connectivity index (χ0v) is 10.2. The van der Waals surface area contributed by atoms with Gasteiger partial charge in [-0.3, -0.25) is 9.79 Å². The van der Waals surface area contributed by atoms with Gasteiger partial charge in [0.15, 0.2) is 5.96 Å². The van der Waals surface area contributed by atoms with Crippen LogP contribution in [0.1, 0.15) is 33.1 Å². The van der Waals surface area contributed by atoms with E-state index in [-0.39, 0.29) is 11.9 Å². The van der Waals surface area contributed by atoms with Crippen LogP contribution in [0.15, 0.2) is 4.99 Å². The van der Waals surface area contributed by atoms with Crippen molar-refractivity contribution in [3.05, 3.63) is 0 Å². The van der Waals surface area contributed by atoms with Crippen LogP contribution in [-0.2, 0) is 4.79 Å². The van der Waals surface area contributed by atoms with E-state index in [1.807, 2.05) is 13.8 Å². The number of rotatable bonds is 4. The van der Waals surface area contributed by atoms with E-state index in [0.29, 0.717) is 13.0 Å². The fraction of sp³-hybridized carbons (Fsp3) is 0.818. The summed E-state index contributed by atoms with van der Waals surface area (Å²) in [6.07, 6.45) is 2.66. The van der Waals surface area contributed by atoms with Crippen LogP contribution < -0.4 is 16.0 Å². The van der Waals surface area contributed by atoms with Gasteiger partial charge in [0.1, 0.15) is 0 Å². The largest absolute Gasteiger partial charge is 0.357 e. The minimum Gasteiger partial charge on any atom is -0.357 e. The average Bonchev–Trinajstić information content (AvgIpc) is 2.27. The summed E-state index contributed by atoms with van der Waals surface area (Å²) in [7, 11) is 0. The Kier molecular flexibility index (Phi) is 5.67. The number of carbonyl (C=O) groups excluding carboxylic acids is 1. The Morgan fingerprint density at radius 2 is 2.12 bits per heavy atom. The molecule has 16 heavy (non-hydrogen) atoms. The molecule has 92 valence electrons. The lowest BCUT2D eigenvalue weighted by Gasteiger charge is -2.22. The highest BCUT2D eigenvalue weighted by molar-refractivity contribution is 5.80. The van der Waals surface area contributed by atoms with E-state index in [0.717, 1.165) is 31.9 Å². The van der Waals surface area contributed by atoms with E-state index in [2.05, 4.69) is 20.9 Å².